The molecule has 8 heteroatoms. The van der Waals surface area contributed by atoms with Crippen LogP contribution in [0, 0.1) is 0 Å². The molecule has 0 saturated heterocycles. The molecule has 0 amide bonds. The Balaban J connectivity index is 1.71. The number of nitrogens with two attached hydrogens (primary N) is 1. The highest BCUT2D eigenvalue weighted by atomic mass is 32.2. The molecule has 35 heavy (non-hydrogen) atoms. The number of hydrogen-bond donors (Lipinski definition) is 1. The van der Waals surface area contributed by atoms with Gasteiger partial charge in [-0.25, -0.2) is 4.98 Å². The number of thiophene rings is 1. The number of hydrogen-bond acceptors (Lipinski definition) is 7. The standard InChI is InChI=1S/C27H28N2O3S3/c1-3-5-7-23(30)32-17-18-8-10-19(11-9-18)21-15-20(26-29-12-13-33-26)16-22-24(21)25(28)27(34-22)35(31)14-6-4-2/h3,8-13,15-16H,1,4-7,14,17,28H2,2H3. The third kappa shape index (κ3) is 5.89. The fourth-order valence-corrected chi connectivity index (χ4v) is 7.24. The zero-order valence-corrected chi connectivity index (χ0v) is 22.1. The lowest BCUT2D eigenvalue weighted by atomic mass is 9.98. The molecule has 2 N–H and O–H groups in total. The number of anilines is 1. The number of unbranched alkanes of at least 4 members (excludes halogenated alkanes) is 1. The van der Waals surface area contributed by atoms with E-state index in [1.165, 1.54) is 11.3 Å². The molecule has 0 aliphatic carbocycles. The fourth-order valence-electron chi connectivity index (χ4n) is 3.72. The van der Waals surface area contributed by atoms with Crippen molar-refractivity contribution in [3.63, 3.8) is 0 Å². The van der Waals surface area contributed by atoms with Crippen molar-refractivity contribution in [2.45, 2.75) is 43.4 Å². The van der Waals surface area contributed by atoms with E-state index >= 15 is 0 Å². The van der Waals surface area contributed by atoms with Crippen molar-refractivity contribution >= 4 is 55.2 Å². The molecule has 182 valence electrons. The molecule has 0 fully saturated rings. The van der Waals surface area contributed by atoms with Crippen molar-refractivity contribution in [2.75, 3.05) is 11.5 Å². The van der Waals surface area contributed by atoms with Crippen molar-refractivity contribution in [3.8, 4) is 21.7 Å². The predicted octanol–water partition coefficient (Wildman–Crippen LogP) is 7.19. The Morgan fingerprint density at radius 3 is 2.71 bits per heavy atom. The van der Waals surface area contributed by atoms with Gasteiger partial charge in [0.1, 0.15) is 15.8 Å². The van der Waals surface area contributed by atoms with Gasteiger partial charge in [0, 0.05) is 39.4 Å². The molecular formula is C27H28N2O3S3. The molecule has 0 aliphatic heterocycles. The Bertz CT molecular complexity index is 1340. The minimum Gasteiger partial charge on any atom is -0.461 e. The maximum Gasteiger partial charge on any atom is 0.306 e. The van der Waals surface area contributed by atoms with Crippen molar-refractivity contribution in [3.05, 3.63) is 66.2 Å². The summed E-state index contributed by atoms with van der Waals surface area (Å²) in [6.07, 6.45) is 6.34. The summed E-state index contributed by atoms with van der Waals surface area (Å²) in [5.41, 5.74) is 11.1. The lowest BCUT2D eigenvalue weighted by Crippen LogP contribution is -2.03. The van der Waals surface area contributed by atoms with Crippen LogP contribution in [0.25, 0.3) is 31.8 Å². The highest BCUT2D eigenvalue weighted by Gasteiger charge is 2.20. The molecule has 0 saturated carbocycles. The largest absolute Gasteiger partial charge is 0.461 e. The number of nitrogens with zero attached hydrogens (tertiary/aromatic N) is 1. The van der Waals surface area contributed by atoms with Crippen molar-refractivity contribution in [2.24, 2.45) is 0 Å². The van der Waals surface area contributed by atoms with Crippen molar-refractivity contribution in [1.29, 1.82) is 0 Å². The van der Waals surface area contributed by atoms with Crippen LogP contribution in [-0.4, -0.2) is 20.9 Å². The maximum atomic E-state index is 13.0. The Kier molecular flexibility index (Phi) is 8.49. The molecule has 2 heterocycles. The Labute approximate surface area is 216 Å². The van der Waals surface area contributed by atoms with E-state index in [0.29, 0.717) is 24.3 Å². The highest BCUT2D eigenvalue weighted by molar-refractivity contribution is 7.87. The van der Waals surface area contributed by atoms with E-state index in [-0.39, 0.29) is 12.6 Å². The summed E-state index contributed by atoms with van der Waals surface area (Å²) in [4.78, 5) is 16.3. The smallest absolute Gasteiger partial charge is 0.306 e. The maximum absolute atomic E-state index is 13.0. The van der Waals surface area contributed by atoms with Crippen LogP contribution >= 0.6 is 22.7 Å². The highest BCUT2D eigenvalue weighted by Crippen LogP contribution is 2.44. The lowest BCUT2D eigenvalue weighted by molar-refractivity contribution is -0.144. The molecule has 5 nitrogen and oxygen atoms in total. The third-order valence-electron chi connectivity index (χ3n) is 5.58. The monoisotopic (exact) mass is 524 g/mol. The fraction of sp³-hybridized carbons (Fsp3) is 0.259. The van der Waals surface area contributed by atoms with Gasteiger partial charge in [-0.05, 0) is 41.7 Å². The first-order valence-electron chi connectivity index (χ1n) is 11.5. The second-order valence-electron chi connectivity index (χ2n) is 8.13. The van der Waals surface area contributed by atoms with Gasteiger partial charge < -0.3 is 10.5 Å². The summed E-state index contributed by atoms with van der Waals surface area (Å²) in [6.45, 7) is 5.95. The van der Waals surface area contributed by atoms with Gasteiger partial charge in [0.05, 0.1) is 16.5 Å². The second kappa shape index (κ2) is 11.7. The number of aromatic nitrogens is 1. The molecule has 4 rings (SSSR count). The first-order valence-corrected chi connectivity index (χ1v) is 14.5. The Morgan fingerprint density at radius 1 is 1.23 bits per heavy atom. The summed E-state index contributed by atoms with van der Waals surface area (Å²) in [6, 6.07) is 12.1. The molecule has 0 spiro atoms. The summed E-state index contributed by atoms with van der Waals surface area (Å²) in [7, 11) is -1.12. The number of thiazole rings is 1. The van der Waals surface area contributed by atoms with Gasteiger partial charge in [0.2, 0.25) is 0 Å². The quantitative estimate of drug-likeness (QED) is 0.166. The summed E-state index contributed by atoms with van der Waals surface area (Å²) < 4.78 is 20.1. The molecule has 0 radical (unpaired) electrons. The number of ether oxygens (including phenoxy) is 1. The number of nitrogen functional groups attached to an aromatic ring is 1. The number of rotatable bonds is 11. The van der Waals surface area contributed by atoms with Gasteiger partial charge in [-0.3, -0.25) is 9.00 Å². The average Bonchev–Trinajstić information content (AvgIpc) is 3.53. The zero-order valence-electron chi connectivity index (χ0n) is 19.6. The first-order chi connectivity index (χ1) is 17.0. The predicted molar refractivity (Wildman–Crippen MR) is 148 cm³/mol. The van der Waals surface area contributed by atoms with E-state index in [9.17, 15) is 9.00 Å². The molecular weight excluding hydrogens is 497 g/mol. The van der Waals surface area contributed by atoms with Crippen LogP contribution in [0.1, 0.15) is 38.2 Å². The minimum absolute atomic E-state index is 0.228. The SMILES string of the molecule is C=CCCC(=O)OCc1ccc(-c2cc(-c3nccs3)cc3sc(S(=O)CCCC)c(N)c23)cc1. The van der Waals surface area contributed by atoms with Gasteiger partial charge in [0.25, 0.3) is 0 Å². The number of allylic oxidation sites excluding steroid dienone is 1. The summed E-state index contributed by atoms with van der Waals surface area (Å²) in [5.74, 6) is 0.379. The van der Waals surface area contributed by atoms with Crippen molar-refractivity contribution in [1.82, 2.24) is 4.98 Å². The van der Waals surface area contributed by atoms with Crippen LogP contribution < -0.4 is 5.73 Å². The van der Waals surface area contributed by atoms with E-state index < -0.39 is 10.8 Å². The molecule has 1 unspecified atom stereocenters. The van der Waals surface area contributed by atoms with Gasteiger partial charge in [-0.15, -0.1) is 29.3 Å². The van der Waals surface area contributed by atoms with E-state index in [0.717, 1.165) is 54.4 Å². The second-order valence-corrected chi connectivity index (χ2v) is 11.8. The molecule has 1 atom stereocenters. The number of benzene rings is 2. The van der Waals surface area contributed by atoms with E-state index in [1.807, 2.05) is 29.6 Å². The van der Waals surface area contributed by atoms with E-state index in [2.05, 4.69) is 30.6 Å². The van der Waals surface area contributed by atoms with Gasteiger partial charge in [-0.1, -0.05) is 43.7 Å². The summed E-state index contributed by atoms with van der Waals surface area (Å²) in [5, 5.41) is 3.81. The van der Waals surface area contributed by atoms with Crippen LogP contribution in [-0.2, 0) is 26.9 Å². The minimum atomic E-state index is -1.12. The van der Waals surface area contributed by atoms with Gasteiger partial charge >= 0.3 is 5.97 Å². The lowest BCUT2D eigenvalue weighted by Gasteiger charge is -2.10. The van der Waals surface area contributed by atoms with Crippen molar-refractivity contribution < 1.29 is 13.7 Å². The first kappa shape index (κ1) is 25.3. The molecule has 4 aromatic rings. The third-order valence-corrected chi connectivity index (χ3v) is 9.45. The number of carbonyl (C=O) groups excluding carboxylic acids is 1. The zero-order chi connectivity index (χ0) is 24.8. The van der Waals surface area contributed by atoms with E-state index in [4.69, 9.17) is 10.5 Å². The Morgan fingerprint density at radius 2 is 2.03 bits per heavy atom. The van der Waals surface area contributed by atoms with Gasteiger partial charge in [0.15, 0.2) is 0 Å². The number of fused-ring (bicyclic) bond motifs is 1. The molecule has 0 aliphatic rings. The number of esters is 1. The molecule has 0 bridgehead atoms. The molecule has 2 aromatic heterocycles. The van der Waals surface area contributed by atoms with E-state index in [1.54, 1.807) is 23.6 Å². The average molecular weight is 525 g/mol. The Hall–Kier alpha value is -2.81. The van der Waals surface area contributed by atoms with Crippen LogP contribution in [0.2, 0.25) is 0 Å². The number of carbonyl (C=O) groups is 1. The molecule has 2 aromatic carbocycles. The van der Waals surface area contributed by atoms with Gasteiger partial charge in [-0.2, -0.15) is 0 Å². The van der Waals surface area contributed by atoms with Crippen LogP contribution in [0.5, 0.6) is 0 Å². The van der Waals surface area contributed by atoms with Crippen LogP contribution in [0.3, 0.4) is 0 Å². The summed E-state index contributed by atoms with van der Waals surface area (Å²) >= 11 is 3.09. The van der Waals surface area contributed by atoms with Crippen LogP contribution in [0.4, 0.5) is 5.69 Å². The normalized spacial score (nSPS) is 12.0. The topological polar surface area (TPSA) is 82.3 Å². The van der Waals surface area contributed by atoms with Crippen LogP contribution in [0.15, 0.2) is 64.8 Å².